The Hall–Kier alpha value is -0.400. The molecule has 4 fully saturated rings. The Morgan fingerprint density at radius 3 is 2.66 bits per heavy atom. The molecule has 0 bridgehead atoms. The SMILES string of the molecule is CC1CCC(C(C)NCCN(C)C[C@H]2O[C@@H](N3CNC4C(N)NCNC43)[C@H](O)[C@@H]2O)CC1. The Balaban J connectivity index is 1.21. The summed E-state index contributed by atoms with van der Waals surface area (Å²) in [5.74, 6) is 1.66. The molecule has 8 atom stereocenters. The molecule has 4 rings (SSSR count). The molecule has 1 saturated carbocycles. The molecule has 0 spiro atoms. The van der Waals surface area contributed by atoms with Gasteiger partial charge in [-0.1, -0.05) is 19.8 Å². The molecule has 0 aromatic heterocycles. The van der Waals surface area contributed by atoms with Crippen molar-refractivity contribution < 1.29 is 14.9 Å². The minimum absolute atomic E-state index is 0.0267. The highest BCUT2D eigenvalue weighted by Crippen LogP contribution is 2.30. The van der Waals surface area contributed by atoms with Crippen molar-refractivity contribution >= 4 is 0 Å². The van der Waals surface area contributed by atoms with E-state index in [2.05, 4.69) is 40.0 Å². The van der Waals surface area contributed by atoms with Crippen molar-refractivity contribution in [2.24, 2.45) is 17.6 Å². The smallest absolute Gasteiger partial charge is 0.142 e. The largest absolute Gasteiger partial charge is 0.387 e. The average molecular weight is 456 g/mol. The summed E-state index contributed by atoms with van der Waals surface area (Å²) in [5.41, 5.74) is 6.15. The van der Waals surface area contributed by atoms with Crippen LogP contribution in [0.3, 0.4) is 0 Å². The van der Waals surface area contributed by atoms with Crippen LogP contribution in [0.1, 0.15) is 39.5 Å². The second-order valence-corrected chi connectivity index (χ2v) is 10.5. The minimum Gasteiger partial charge on any atom is -0.387 e. The molecule has 0 radical (unpaired) electrons. The van der Waals surface area contributed by atoms with Crippen LogP contribution in [0.25, 0.3) is 0 Å². The van der Waals surface area contributed by atoms with E-state index in [1.165, 1.54) is 25.7 Å². The van der Waals surface area contributed by atoms with E-state index in [0.29, 0.717) is 25.9 Å². The summed E-state index contributed by atoms with van der Waals surface area (Å²) in [4.78, 5) is 4.21. The fourth-order valence-corrected chi connectivity index (χ4v) is 5.84. The lowest BCUT2D eigenvalue weighted by Crippen LogP contribution is -2.68. The van der Waals surface area contributed by atoms with Gasteiger partial charge < -0.3 is 30.9 Å². The number of aliphatic hydroxyl groups is 2. The van der Waals surface area contributed by atoms with Gasteiger partial charge in [-0.3, -0.25) is 16.0 Å². The first-order valence-electron chi connectivity index (χ1n) is 12.5. The van der Waals surface area contributed by atoms with E-state index in [4.69, 9.17) is 10.5 Å². The number of nitrogens with zero attached hydrogens (tertiary/aromatic N) is 2. The Morgan fingerprint density at radius 2 is 1.91 bits per heavy atom. The molecular formula is C22H45N7O3. The van der Waals surface area contributed by atoms with Crippen molar-refractivity contribution in [3.05, 3.63) is 0 Å². The summed E-state index contributed by atoms with van der Waals surface area (Å²) >= 11 is 0. The van der Waals surface area contributed by atoms with Gasteiger partial charge in [0.15, 0.2) is 0 Å². The van der Waals surface area contributed by atoms with Crippen LogP contribution >= 0.6 is 0 Å². The number of fused-ring (bicyclic) bond motifs is 1. The Kier molecular flexibility index (Phi) is 8.42. The predicted molar refractivity (Wildman–Crippen MR) is 123 cm³/mol. The minimum atomic E-state index is -0.950. The molecule has 10 nitrogen and oxygen atoms in total. The lowest BCUT2D eigenvalue weighted by atomic mass is 9.80. The zero-order chi connectivity index (χ0) is 22.8. The quantitative estimate of drug-likeness (QED) is 0.224. The van der Waals surface area contributed by atoms with Crippen molar-refractivity contribution in [2.75, 3.05) is 40.0 Å². The number of likely N-dealkylation sites (N-methyl/N-ethyl adjacent to an activating group) is 1. The summed E-state index contributed by atoms with van der Waals surface area (Å²) in [5, 5.41) is 35.0. The fourth-order valence-electron chi connectivity index (χ4n) is 5.84. The Morgan fingerprint density at radius 1 is 1.16 bits per heavy atom. The second kappa shape index (κ2) is 10.9. The van der Waals surface area contributed by atoms with Crippen molar-refractivity contribution in [1.82, 2.24) is 31.1 Å². The van der Waals surface area contributed by atoms with Gasteiger partial charge in [-0.25, -0.2) is 4.90 Å². The van der Waals surface area contributed by atoms with Gasteiger partial charge in [0.25, 0.3) is 0 Å². The molecular weight excluding hydrogens is 410 g/mol. The molecule has 4 unspecified atom stereocenters. The number of hydrogen-bond donors (Lipinski definition) is 7. The lowest BCUT2D eigenvalue weighted by molar-refractivity contribution is -0.106. The van der Waals surface area contributed by atoms with E-state index in [0.717, 1.165) is 24.9 Å². The number of nitrogens with one attached hydrogen (secondary N) is 4. The van der Waals surface area contributed by atoms with Gasteiger partial charge in [-0.15, -0.1) is 0 Å². The van der Waals surface area contributed by atoms with Gasteiger partial charge in [-0.2, -0.15) is 0 Å². The van der Waals surface area contributed by atoms with E-state index >= 15 is 0 Å². The molecule has 0 amide bonds. The van der Waals surface area contributed by atoms with Crippen LogP contribution < -0.4 is 27.0 Å². The molecule has 10 heteroatoms. The first kappa shape index (κ1) is 24.7. The average Bonchev–Trinajstić information content (AvgIpc) is 3.31. The topological polar surface area (TPSA) is 130 Å². The lowest BCUT2D eigenvalue weighted by Gasteiger charge is -2.38. The second-order valence-electron chi connectivity index (χ2n) is 10.5. The van der Waals surface area contributed by atoms with Gasteiger partial charge >= 0.3 is 0 Å². The summed E-state index contributed by atoms with van der Waals surface area (Å²) < 4.78 is 6.18. The summed E-state index contributed by atoms with van der Waals surface area (Å²) in [6, 6.07) is 0.564. The maximum absolute atomic E-state index is 10.7. The highest BCUT2D eigenvalue weighted by Gasteiger charge is 2.51. The van der Waals surface area contributed by atoms with Crippen molar-refractivity contribution in [1.29, 1.82) is 0 Å². The molecule has 4 aliphatic rings. The predicted octanol–water partition coefficient (Wildman–Crippen LogP) is -1.84. The monoisotopic (exact) mass is 455 g/mol. The van der Waals surface area contributed by atoms with E-state index < -0.39 is 24.5 Å². The molecule has 32 heavy (non-hydrogen) atoms. The molecule has 0 aromatic carbocycles. The van der Waals surface area contributed by atoms with E-state index in [1.54, 1.807) is 0 Å². The van der Waals surface area contributed by atoms with Gasteiger partial charge in [0.1, 0.15) is 24.5 Å². The van der Waals surface area contributed by atoms with Crippen molar-refractivity contribution in [2.45, 2.75) is 88.5 Å². The van der Waals surface area contributed by atoms with Crippen LogP contribution in [0, 0.1) is 11.8 Å². The molecule has 0 aromatic rings. The van der Waals surface area contributed by atoms with Gasteiger partial charge in [0.05, 0.1) is 25.0 Å². The van der Waals surface area contributed by atoms with Crippen LogP contribution in [0.2, 0.25) is 0 Å². The first-order chi connectivity index (χ1) is 15.3. The number of ether oxygens (including phenoxy) is 1. The third kappa shape index (κ3) is 5.46. The third-order valence-corrected chi connectivity index (χ3v) is 8.13. The summed E-state index contributed by atoms with van der Waals surface area (Å²) in [7, 11) is 2.05. The van der Waals surface area contributed by atoms with Crippen molar-refractivity contribution in [3.8, 4) is 0 Å². The van der Waals surface area contributed by atoms with Gasteiger partial charge in [0.2, 0.25) is 0 Å². The molecule has 8 N–H and O–H groups in total. The normalized spacial score (nSPS) is 44.2. The molecule has 3 saturated heterocycles. The van der Waals surface area contributed by atoms with Crippen LogP contribution in [-0.2, 0) is 4.74 Å². The number of rotatable bonds is 8. The number of hydrogen-bond acceptors (Lipinski definition) is 10. The molecule has 186 valence electrons. The Labute approximate surface area is 192 Å². The Bertz CT molecular complexity index is 594. The summed E-state index contributed by atoms with van der Waals surface area (Å²) in [6.07, 6.45) is 2.31. The first-order valence-corrected chi connectivity index (χ1v) is 12.5. The van der Waals surface area contributed by atoms with E-state index in [-0.39, 0.29) is 18.4 Å². The van der Waals surface area contributed by atoms with Crippen LogP contribution in [0.15, 0.2) is 0 Å². The van der Waals surface area contributed by atoms with Crippen LogP contribution in [0.5, 0.6) is 0 Å². The standard InChI is InChI=1S/C22H45N7O3/c1-13-4-6-15(7-5-13)14(2)24-8-9-28(3)10-16-18(30)19(31)22(32-16)29-12-27-17-20(23)25-11-26-21(17)29/h13-22,24-27,30-31H,4-12,23H2,1-3H3/t13?,14?,15?,16-,17?,18-,19-,20?,21?,22-/m1/s1. The zero-order valence-electron chi connectivity index (χ0n) is 19.9. The van der Waals surface area contributed by atoms with E-state index in [1.807, 2.05) is 11.9 Å². The third-order valence-electron chi connectivity index (χ3n) is 8.13. The van der Waals surface area contributed by atoms with Crippen molar-refractivity contribution in [3.63, 3.8) is 0 Å². The highest BCUT2D eigenvalue weighted by atomic mass is 16.6. The van der Waals surface area contributed by atoms with Crippen LogP contribution in [0.4, 0.5) is 0 Å². The maximum atomic E-state index is 10.7. The number of nitrogens with two attached hydrogens (primary N) is 1. The zero-order valence-corrected chi connectivity index (χ0v) is 19.9. The van der Waals surface area contributed by atoms with Gasteiger partial charge in [0, 0.05) is 32.3 Å². The number of aliphatic hydroxyl groups excluding tert-OH is 2. The highest BCUT2D eigenvalue weighted by molar-refractivity contribution is 5.01. The van der Waals surface area contributed by atoms with E-state index in [9.17, 15) is 10.2 Å². The summed E-state index contributed by atoms with van der Waals surface area (Å²) in [6.45, 7) is 8.19. The molecule has 3 heterocycles. The van der Waals surface area contributed by atoms with Crippen LogP contribution in [-0.4, -0.2) is 109 Å². The maximum Gasteiger partial charge on any atom is 0.142 e. The van der Waals surface area contributed by atoms with Gasteiger partial charge in [-0.05, 0) is 38.6 Å². The fraction of sp³-hybridized carbons (Fsp3) is 1.00. The molecule has 1 aliphatic carbocycles. The molecule has 3 aliphatic heterocycles.